The Hall–Kier alpha value is -3.97. The molecule has 1 atom stereocenters. The molecule has 0 saturated heterocycles. The van der Waals surface area contributed by atoms with E-state index in [4.69, 9.17) is 21.1 Å². The zero-order chi connectivity index (χ0) is 25.5. The second kappa shape index (κ2) is 11.6. The molecule has 184 valence electrons. The van der Waals surface area contributed by atoms with Crippen LogP contribution in [0.3, 0.4) is 0 Å². The minimum atomic E-state index is -0.239. The first-order valence-corrected chi connectivity index (χ1v) is 11.9. The van der Waals surface area contributed by atoms with Crippen molar-refractivity contribution in [2.45, 2.75) is 19.9 Å². The van der Waals surface area contributed by atoms with E-state index in [9.17, 15) is 4.79 Å². The number of aromatic nitrogens is 3. The van der Waals surface area contributed by atoms with Gasteiger partial charge in [0, 0.05) is 48.0 Å². The minimum absolute atomic E-state index is 0.233. The van der Waals surface area contributed by atoms with E-state index in [-0.39, 0.29) is 18.4 Å². The van der Waals surface area contributed by atoms with E-state index in [0.29, 0.717) is 22.2 Å². The number of allylic oxidation sites excluding steroid dienone is 4. The van der Waals surface area contributed by atoms with E-state index < -0.39 is 0 Å². The molecule has 1 aliphatic carbocycles. The summed E-state index contributed by atoms with van der Waals surface area (Å²) in [7, 11) is 3.07. The molecule has 0 bridgehead atoms. The summed E-state index contributed by atoms with van der Waals surface area (Å²) < 4.78 is 10.5. The first-order chi connectivity index (χ1) is 17.5. The number of hydrogen-bond donors (Lipinski definition) is 1. The van der Waals surface area contributed by atoms with Gasteiger partial charge in [-0.3, -0.25) is 14.8 Å². The summed E-state index contributed by atoms with van der Waals surface area (Å²) in [5, 5.41) is 3.55. The van der Waals surface area contributed by atoms with Crippen LogP contribution in [0.5, 0.6) is 11.6 Å². The van der Waals surface area contributed by atoms with Crippen LogP contribution in [0.15, 0.2) is 78.9 Å². The second-order valence-electron chi connectivity index (χ2n) is 8.36. The maximum atomic E-state index is 13.6. The van der Waals surface area contributed by atoms with Crippen LogP contribution in [0, 0.1) is 5.92 Å². The Morgan fingerprint density at radius 2 is 2.00 bits per heavy atom. The Morgan fingerprint density at radius 3 is 2.72 bits per heavy atom. The van der Waals surface area contributed by atoms with Gasteiger partial charge < -0.3 is 14.8 Å². The van der Waals surface area contributed by atoms with Crippen LogP contribution in [0.2, 0.25) is 5.02 Å². The van der Waals surface area contributed by atoms with E-state index in [1.165, 1.54) is 7.11 Å². The number of amides is 1. The molecule has 0 radical (unpaired) electrons. The minimum Gasteiger partial charge on any atom is -0.491 e. The standard InChI is InChI=1S/C28H27ClN4O3/c1-18-7-8-23(25-6-4-5-9-31-25)24(13-20(10-18)21-12-22(29)17-30-16-21)27(34)32-14-19-11-26(35-2)28(36-3)33-15-19/h4-6,8-13,15-18H,7,14H2,1-3H3,(H,32,34). The first kappa shape index (κ1) is 25.1. The third-order valence-corrected chi connectivity index (χ3v) is 5.92. The van der Waals surface area contributed by atoms with Crippen molar-refractivity contribution in [3.8, 4) is 11.6 Å². The van der Waals surface area contributed by atoms with Crippen molar-refractivity contribution >= 4 is 28.7 Å². The normalized spacial score (nSPS) is 15.6. The molecular weight excluding hydrogens is 476 g/mol. The summed E-state index contributed by atoms with van der Waals surface area (Å²) in [6, 6.07) is 9.31. The Kier molecular flexibility index (Phi) is 8.13. The van der Waals surface area contributed by atoms with Crippen molar-refractivity contribution in [1.29, 1.82) is 0 Å². The van der Waals surface area contributed by atoms with Gasteiger partial charge in [-0.25, -0.2) is 4.98 Å². The Bertz CT molecular complexity index is 1340. The van der Waals surface area contributed by atoms with Gasteiger partial charge >= 0.3 is 0 Å². The topological polar surface area (TPSA) is 86.2 Å². The highest BCUT2D eigenvalue weighted by Crippen LogP contribution is 2.32. The molecule has 1 unspecified atom stereocenters. The molecule has 7 nitrogen and oxygen atoms in total. The zero-order valence-corrected chi connectivity index (χ0v) is 21.1. The number of pyridine rings is 3. The lowest BCUT2D eigenvalue weighted by Crippen LogP contribution is -2.26. The lowest BCUT2D eigenvalue weighted by atomic mass is 9.89. The molecule has 0 aromatic carbocycles. The summed E-state index contributed by atoms with van der Waals surface area (Å²) in [6.07, 6.45) is 13.5. The van der Waals surface area contributed by atoms with Gasteiger partial charge in [-0.15, -0.1) is 0 Å². The molecule has 3 heterocycles. The van der Waals surface area contributed by atoms with Crippen molar-refractivity contribution < 1.29 is 14.3 Å². The lowest BCUT2D eigenvalue weighted by molar-refractivity contribution is -0.117. The van der Waals surface area contributed by atoms with Crippen molar-refractivity contribution in [3.05, 3.63) is 101 Å². The molecule has 1 amide bonds. The quantitative estimate of drug-likeness (QED) is 0.472. The van der Waals surface area contributed by atoms with Crippen molar-refractivity contribution in [2.75, 3.05) is 14.2 Å². The highest BCUT2D eigenvalue weighted by Gasteiger charge is 2.21. The number of carbonyl (C=O) groups is 1. The van der Waals surface area contributed by atoms with Gasteiger partial charge in [0.05, 0.1) is 24.9 Å². The first-order valence-electron chi connectivity index (χ1n) is 11.5. The highest BCUT2D eigenvalue weighted by atomic mass is 35.5. The predicted molar refractivity (Wildman–Crippen MR) is 140 cm³/mol. The summed E-state index contributed by atoms with van der Waals surface area (Å²) in [5.41, 5.74) is 4.48. The SMILES string of the molecule is COc1cc(CNC(=O)C2=CC(c3cncc(Cl)c3)=CC(C)CC=C2c2ccccn2)cnc1OC. The van der Waals surface area contributed by atoms with Crippen molar-refractivity contribution in [2.24, 2.45) is 5.92 Å². The lowest BCUT2D eigenvalue weighted by Gasteiger charge is -2.18. The molecule has 0 aliphatic heterocycles. The Labute approximate surface area is 215 Å². The van der Waals surface area contributed by atoms with Gasteiger partial charge in [0.15, 0.2) is 5.75 Å². The molecule has 3 aromatic heterocycles. The Morgan fingerprint density at radius 1 is 1.14 bits per heavy atom. The average molecular weight is 503 g/mol. The number of rotatable bonds is 7. The largest absolute Gasteiger partial charge is 0.491 e. The van der Waals surface area contributed by atoms with Gasteiger partial charge in [-0.05, 0) is 53.8 Å². The fourth-order valence-corrected chi connectivity index (χ4v) is 4.09. The number of ether oxygens (including phenoxy) is 2. The molecule has 3 aromatic rings. The summed E-state index contributed by atoms with van der Waals surface area (Å²) in [5.74, 6) is 0.874. The third kappa shape index (κ3) is 5.98. The van der Waals surface area contributed by atoms with Crippen LogP contribution in [-0.4, -0.2) is 35.1 Å². The van der Waals surface area contributed by atoms with Crippen LogP contribution in [0.25, 0.3) is 11.1 Å². The van der Waals surface area contributed by atoms with Gasteiger partial charge in [-0.2, -0.15) is 0 Å². The zero-order valence-electron chi connectivity index (χ0n) is 20.4. The van der Waals surface area contributed by atoms with E-state index in [1.54, 1.807) is 38.0 Å². The van der Waals surface area contributed by atoms with Crippen molar-refractivity contribution in [3.63, 3.8) is 0 Å². The second-order valence-corrected chi connectivity index (χ2v) is 8.79. The van der Waals surface area contributed by atoms with Gasteiger partial charge in [0.2, 0.25) is 0 Å². The Balaban J connectivity index is 1.71. The van der Waals surface area contributed by atoms with Gasteiger partial charge in [-0.1, -0.05) is 36.7 Å². The summed E-state index contributed by atoms with van der Waals surface area (Å²) in [4.78, 5) is 26.6. The van der Waals surface area contributed by atoms with Crippen LogP contribution in [0.1, 0.15) is 30.2 Å². The number of nitrogens with zero attached hydrogens (tertiary/aromatic N) is 3. The van der Waals surface area contributed by atoms with Crippen LogP contribution in [-0.2, 0) is 11.3 Å². The van der Waals surface area contributed by atoms with Gasteiger partial charge in [0.25, 0.3) is 11.8 Å². The molecular formula is C28H27ClN4O3. The molecule has 0 saturated carbocycles. The molecule has 1 aliphatic rings. The van der Waals surface area contributed by atoms with Crippen molar-refractivity contribution in [1.82, 2.24) is 20.3 Å². The average Bonchev–Trinajstić information content (AvgIpc) is 2.89. The van der Waals surface area contributed by atoms with E-state index in [1.807, 2.05) is 30.3 Å². The van der Waals surface area contributed by atoms with E-state index in [2.05, 4.69) is 39.3 Å². The number of methoxy groups -OCH3 is 2. The molecule has 0 spiro atoms. The smallest absolute Gasteiger partial charge is 0.256 e. The highest BCUT2D eigenvalue weighted by molar-refractivity contribution is 6.30. The fourth-order valence-electron chi connectivity index (χ4n) is 3.92. The van der Waals surface area contributed by atoms with Crippen LogP contribution < -0.4 is 14.8 Å². The van der Waals surface area contributed by atoms with Gasteiger partial charge in [0.1, 0.15) is 0 Å². The summed E-state index contributed by atoms with van der Waals surface area (Å²) in [6.45, 7) is 2.39. The maximum Gasteiger partial charge on any atom is 0.256 e. The summed E-state index contributed by atoms with van der Waals surface area (Å²) >= 11 is 6.22. The number of carbonyl (C=O) groups excluding carboxylic acids is 1. The van der Waals surface area contributed by atoms with E-state index in [0.717, 1.165) is 34.4 Å². The van der Waals surface area contributed by atoms with Crippen LogP contribution in [0.4, 0.5) is 0 Å². The van der Waals surface area contributed by atoms with Crippen LogP contribution >= 0.6 is 11.6 Å². The number of halogens is 1. The molecule has 4 rings (SSSR count). The number of hydrogen-bond acceptors (Lipinski definition) is 6. The predicted octanol–water partition coefficient (Wildman–Crippen LogP) is 5.29. The number of nitrogens with one attached hydrogen (secondary N) is 1. The van der Waals surface area contributed by atoms with E-state index >= 15 is 0 Å². The molecule has 36 heavy (non-hydrogen) atoms. The fraction of sp³-hybridized carbons (Fsp3) is 0.214. The third-order valence-electron chi connectivity index (χ3n) is 5.71. The molecule has 0 fully saturated rings. The molecule has 1 N–H and O–H groups in total. The molecule has 8 heteroatoms. The maximum absolute atomic E-state index is 13.6. The monoisotopic (exact) mass is 502 g/mol.